The average molecular weight is 499 g/mol. The highest BCUT2D eigenvalue weighted by atomic mass is 16.5. The smallest absolute Gasteiger partial charge is 0.407 e. The zero-order valence-corrected chi connectivity index (χ0v) is 21.2. The number of rotatable bonds is 8. The topological polar surface area (TPSA) is 89.8 Å². The molecule has 7 nitrogen and oxygen atoms in total. The maximum atomic E-state index is 12.8. The molecule has 1 aromatic heterocycles. The van der Waals surface area contributed by atoms with Gasteiger partial charge in [-0.15, -0.1) is 0 Å². The van der Waals surface area contributed by atoms with E-state index in [2.05, 4.69) is 22.0 Å². The standard InChI is InChI=1S/C30H30N2O5/c1-4-32-18(2)24(25-15-19(36-3)13-14-28(25)32)16-27(29(33)34)31-30(35)37-17-26-22-11-7-5-9-20(22)21-10-6-8-12-23(21)26/h5-15,26-27H,4,16-17H2,1-3H3,(H,31,35)(H,33,34). The van der Waals surface area contributed by atoms with E-state index in [1.165, 1.54) is 0 Å². The summed E-state index contributed by atoms with van der Waals surface area (Å²) in [5, 5.41) is 13.4. The van der Waals surface area contributed by atoms with Gasteiger partial charge in [-0.3, -0.25) is 0 Å². The van der Waals surface area contributed by atoms with Crippen LogP contribution in [0.4, 0.5) is 4.79 Å². The number of aliphatic carboxylic acids is 1. The summed E-state index contributed by atoms with van der Waals surface area (Å²) in [6, 6.07) is 20.8. The zero-order valence-electron chi connectivity index (χ0n) is 21.2. The second-order valence-electron chi connectivity index (χ2n) is 9.26. The summed E-state index contributed by atoms with van der Waals surface area (Å²) in [4.78, 5) is 25.0. The third-order valence-corrected chi connectivity index (χ3v) is 7.32. The summed E-state index contributed by atoms with van der Waals surface area (Å²) in [7, 11) is 1.60. The maximum Gasteiger partial charge on any atom is 0.407 e. The predicted octanol–water partition coefficient (Wildman–Crippen LogP) is 5.51. The minimum atomic E-state index is -1.14. The number of nitrogens with one attached hydrogen (secondary N) is 1. The van der Waals surface area contributed by atoms with Gasteiger partial charge >= 0.3 is 12.1 Å². The van der Waals surface area contributed by atoms with Crippen LogP contribution in [0.25, 0.3) is 22.0 Å². The summed E-state index contributed by atoms with van der Waals surface area (Å²) in [5.74, 6) is -0.523. The number of carbonyl (C=O) groups is 2. The molecule has 0 saturated carbocycles. The highest BCUT2D eigenvalue weighted by Crippen LogP contribution is 2.44. The van der Waals surface area contributed by atoms with Gasteiger partial charge in [0.05, 0.1) is 7.11 Å². The van der Waals surface area contributed by atoms with Gasteiger partial charge in [0.15, 0.2) is 0 Å². The van der Waals surface area contributed by atoms with E-state index in [0.717, 1.165) is 51.0 Å². The van der Waals surface area contributed by atoms with Crippen LogP contribution in [-0.2, 0) is 22.5 Å². The van der Waals surface area contributed by atoms with Gasteiger partial charge in [-0.05, 0) is 59.9 Å². The minimum Gasteiger partial charge on any atom is -0.497 e. The molecular formula is C30H30N2O5. The van der Waals surface area contributed by atoms with Crippen molar-refractivity contribution in [2.24, 2.45) is 0 Å². The lowest BCUT2D eigenvalue weighted by Crippen LogP contribution is -2.43. The number of hydrogen-bond acceptors (Lipinski definition) is 4. The predicted molar refractivity (Wildman–Crippen MR) is 142 cm³/mol. The number of hydrogen-bond donors (Lipinski definition) is 2. The van der Waals surface area contributed by atoms with Gasteiger partial charge in [0.25, 0.3) is 0 Å². The van der Waals surface area contributed by atoms with Crippen molar-refractivity contribution in [3.05, 3.63) is 89.1 Å². The Hall–Kier alpha value is -4.26. The number of carboxylic acid groups (broad SMARTS) is 1. The molecule has 1 aliphatic carbocycles. The van der Waals surface area contributed by atoms with Crippen LogP contribution in [0.5, 0.6) is 5.75 Å². The Kier molecular flexibility index (Phi) is 6.61. The number of amides is 1. The molecule has 2 N–H and O–H groups in total. The Labute approximate surface area is 215 Å². The summed E-state index contributed by atoms with van der Waals surface area (Å²) in [6.45, 7) is 4.88. The van der Waals surface area contributed by atoms with Crippen molar-refractivity contribution in [2.45, 2.75) is 38.8 Å². The first-order chi connectivity index (χ1) is 17.9. The Morgan fingerprint density at radius 3 is 2.27 bits per heavy atom. The van der Waals surface area contributed by atoms with Crippen LogP contribution in [0.2, 0.25) is 0 Å². The third kappa shape index (κ3) is 4.42. The second-order valence-corrected chi connectivity index (χ2v) is 9.26. The molecule has 37 heavy (non-hydrogen) atoms. The van der Waals surface area contributed by atoms with Crippen LogP contribution in [-0.4, -0.2) is 41.5 Å². The van der Waals surface area contributed by atoms with E-state index < -0.39 is 18.1 Å². The number of ether oxygens (including phenoxy) is 2. The number of nitrogens with zero attached hydrogens (tertiary/aromatic N) is 1. The Balaban J connectivity index is 1.34. The fourth-order valence-corrected chi connectivity index (χ4v) is 5.51. The summed E-state index contributed by atoms with van der Waals surface area (Å²) in [6.07, 6.45) is -0.620. The van der Waals surface area contributed by atoms with E-state index in [0.29, 0.717) is 5.75 Å². The molecule has 0 aliphatic heterocycles. The quantitative estimate of drug-likeness (QED) is 0.334. The number of alkyl carbamates (subject to hydrolysis) is 1. The molecule has 0 fully saturated rings. The fourth-order valence-electron chi connectivity index (χ4n) is 5.51. The first-order valence-corrected chi connectivity index (χ1v) is 12.4. The molecule has 0 saturated heterocycles. The molecule has 5 rings (SSSR count). The number of methoxy groups -OCH3 is 1. The van der Waals surface area contributed by atoms with Gasteiger partial charge in [-0.25, -0.2) is 9.59 Å². The number of carboxylic acids is 1. The molecule has 0 radical (unpaired) electrons. The SMILES string of the molecule is CCn1c(C)c(CC(NC(=O)OCC2c3ccccc3-c3ccccc32)C(=O)O)c2cc(OC)ccc21. The van der Waals surface area contributed by atoms with Crippen LogP contribution < -0.4 is 10.1 Å². The molecular weight excluding hydrogens is 468 g/mol. The fraction of sp³-hybridized carbons (Fsp3) is 0.267. The van der Waals surface area contributed by atoms with Crippen molar-refractivity contribution in [3.8, 4) is 16.9 Å². The van der Waals surface area contributed by atoms with Gasteiger partial charge in [0.1, 0.15) is 18.4 Å². The first-order valence-electron chi connectivity index (χ1n) is 12.4. The van der Waals surface area contributed by atoms with E-state index in [9.17, 15) is 14.7 Å². The number of fused-ring (bicyclic) bond motifs is 4. The van der Waals surface area contributed by atoms with E-state index in [1.54, 1.807) is 7.11 Å². The normalized spacial score (nSPS) is 13.2. The van der Waals surface area contributed by atoms with Crippen molar-refractivity contribution in [2.75, 3.05) is 13.7 Å². The van der Waals surface area contributed by atoms with Crippen LogP contribution in [0.1, 0.15) is 35.2 Å². The van der Waals surface area contributed by atoms with Crippen molar-refractivity contribution >= 4 is 23.0 Å². The largest absolute Gasteiger partial charge is 0.497 e. The highest BCUT2D eigenvalue weighted by molar-refractivity contribution is 5.88. The lowest BCUT2D eigenvalue weighted by Gasteiger charge is -2.18. The van der Waals surface area contributed by atoms with E-state index in [1.807, 2.05) is 68.4 Å². The first kappa shape index (κ1) is 24.4. The molecule has 1 heterocycles. The monoisotopic (exact) mass is 498 g/mol. The molecule has 4 aromatic rings. The summed E-state index contributed by atoms with van der Waals surface area (Å²) < 4.78 is 13.1. The van der Waals surface area contributed by atoms with Gasteiger partial charge in [-0.1, -0.05) is 48.5 Å². The molecule has 0 spiro atoms. The highest BCUT2D eigenvalue weighted by Gasteiger charge is 2.30. The molecule has 7 heteroatoms. The number of aryl methyl sites for hydroxylation is 1. The van der Waals surface area contributed by atoms with E-state index in [4.69, 9.17) is 9.47 Å². The molecule has 190 valence electrons. The second kappa shape index (κ2) is 10.0. The van der Waals surface area contributed by atoms with Crippen LogP contribution in [0.3, 0.4) is 0 Å². The van der Waals surface area contributed by atoms with Gasteiger partial charge in [0.2, 0.25) is 0 Å². The molecule has 3 aromatic carbocycles. The van der Waals surface area contributed by atoms with Gasteiger partial charge < -0.3 is 24.5 Å². The number of aromatic nitrogens is 1. The Morgan fingerprint density at radius 2 is 1.68 bits per heavy atom. The lowest BCUT2D eigenvalue weighted by atomic mass is 9.98. The van der Waals surface area contributed by atoms with Crippen LogP contribution >= 0.6 is 0 Å². The molecule has 1 unspecified atom stereocenters. The minimum absolute atomic E-state index is 0.0985. The summed E-state index contributed by atoms with van der Waals surface area (Å²) >= 11 is 0. The zero-order chi connectivity index (χ0) is 26.1. The van der Waals surface area contributed by atoms with Crippen molar-refractivity contribution < 1.29 is 24.2 Å². The molecule has 0 bridgehead atoms. The van der Waals surface area contributed by atoms with Crippen molar-refractivity contribution in [1.29, 1.82) is 0 Å². The van der Waals surface area contributed by atoms with E-state index >= 15 is 0 Å². The van der Waals surface area contributed by atoms with Crippen molar-refractivity contribution in [1.82, 2.24) is 9.88 Å². The number of benzene rings is 3. The van der Waals surface area contributed by atoms with Gasteiger partial charge in [-0.2, -0.15) is 0 Å². The maximum absolute atomic E-state index is 12.8. The number of carbonyl (C=O) groups excluding carboxylic acids is 1. The van der Waals surface area contributed by atoms with Crippen molar-refractivity contribution in [3.63, 3.8) is 0 Å². The molecule has 1 amide bonds. The lowest BCUT2D eigenvalue weighted by molar-refractivity contribution is -0.139. The Morgan fingerprint density at radius 1 is 1.03 bits per heavy atom. The third-order valence-electron chi connectivity index (χ3n) is 7.32. The van der Waals surface area contributed by atoms with E-state index in [-0.39, 0.29) is 18.9 Å². The average Bonchev–Trinajstić information content (AvgIpc) is 3.37. The molecule has 1 aliphatic rings. The van der Waals surface area contributed by atoms with Crippen LogP contribution in [0, 0.1) is 6.92 Å². The summed E-state index contributed by atoms with van der Waals surface area (Å²) in [5.41, 5.74) is 7.29. The molecule has 1 atom stereocenters. The van der Waals surface area contributed by atoms with Crippen LogP contribution in [0.15, 0.2) is 66.7 Å². The Bertz CT molecular complexity index is 1440. The van der Waals surface area contributed by atoms with Gasteiger partial charge in [0, 0.05) is 35.5 Å².